The summed E-state index contributed by atoms with van der Waals surface area (Å²) in [7, 11) is 0. The van der Waals surface area contributed by atoms with Crippen LogP contribution in [0.5, 0.6) is 0 Å². The molecule has 0 aliphatic heterocycles. The average molecular weight is 278 g/mol. The van der Waals surface area contributed by atoms with Gasteiger partial charge in [0.2, 0.25) is 0 Å². The van der Waals surface area contributed by atoms with Gasteiger partial charge in [0.1, 0.15) is 12.1 Å². The molecule has 6 nitrogen and oxygen atoms in total. The van der Waals surface area contributed by atoms with Crippen molar-refractivity contribution in [2.45, 2.75) is 12.2 Å². The molecule has 0 saturated carbocycles. The molecule has 0 bridgehead atoms. The third-order valence-corrected chi connectivity index (χ3v) is 3.76. The molecule has 1 heterocycles. The summed E-state index contributed by atoms with van der Waals surface area (Å²) in [5, 5.41) is 15.1. The molecule has 2 rings (SSSR count). The number of nitro benzene ring substituents is 1. The van der Waals surface area contributed by atoms with Crippen LogP contribution in [0.25, 0.3) is 10.9 Å². The smallest absolute Gasteiger partial charge is 0.270 e. The Morgan fingerprint density at radius 2 is 2.26 bits per heavy atom. The molecule has 100 valence electrons. The van der Waals surface area contributed by atoms with Gasteiger partial charge < -0.3 is 5.32 Å². The van der Waals surface area contributed by atoms with Gasteiger partial charge in [0.15, 0.2) is 0 Å². The zero-order chi connectivity index (χ0) is 13.8. The van der Waals surface area contributed by atoms with Crippen LogP contribution >= 0.6 is 11.8 Å². The number of non-ortho nitro benzene ring substituents is 1. The largest absolute Gasteiger partial charge is 0.368 e. The number of benzene rings is 1. The van der Waals surface area contributed by atoms with Crippen molar-refractivity contribution in [3.8, 4) is 0 Å². The maximum absolute atomic E-state index is 10.8. The molecule has 1 atom stereocenters. The van der Waals surface area contributed by atoms with E-state index in [0.29, 0.717) is 22.0 Å². The SMILES string of the molecule is CSC(C)CNc1ncnc2ccc([N+](=O)[O-])cc12. The Morgan fingerprint density at radius 1 is 1.47 bits per heavy atom. The standard InChI is InChI=1S/C12H14N4O2S/c1-8(19-2)6-13-12-10-5-9(16(17)18)3-4-11(10)14-7-15-12/h3-5,7-8H,6H2,1-2H3,(H,13,14,15). The van der Waals surface area contributed by atoms with E-state index < -0.39 is 4.92 Å². The molecule has 0 radical (unpaired) electrons. The quantitative estimate of drug-likeness (QED) is 0.669. The summed E-state index contributed by atoms with van der Waals surface area (Å²) in [4.78, 5) is 18.7. The molecule has 0 aliphatic rings. The third kappa shape index (κ3) is 3.11. The number of aromatic nitrogens is 2. The summed E-state index contributed by atoms with van der Waals surface area (Å²) in [6.45, 7) is 2.85. The lowest BCUT2D eigenvalue weighted by molar-refractivity contribution is -0.384. The predicted octanol–water partition coefficient (Wildman–Crippen LogP) is 2.70. The van der Waals surface area contributed by atoms with Gasteiger partial charge in [0.25, 0.3) is 5.69 Å². The average Bonchev–Trinajstić information content (AvgIpc) is 2.43. The maximum Gasteiger partial charge on any atom is 0.270 e. The molecule has 1 N–H and O–H groups in total. The van der Waals surface area contributed by atoms with Crippen molar-refractivity contribution in [1.82, 2.24) is 9.97 Å². The van der Waals surface area contributed by atoms with Gasteiger partial charge in [-0.2, -0.15) is 11.8 Å². The van der Waals surface area contributed by atoms with Crippen molar-refractivity contribution < 1.29 is 4.92 Å². The molecule has 1 aromatic carbocycles. The van der Waals surface area contributed by atoms with E-state index in [-0.39, 0.29) is 5.69 Å². The highest BCUT2D eigenvalue weighted by Gasteiger charge is 2.11. The van der Waals surface area contributed by atoms with Crippen LogP contribution < -0.4 is 5.32 Å². The van der Waals surface area contributed by atoms with Crippen LogP contribution in [0.15, 0.2) is 24.5 Å². The van der Waals surface area contributed by atoms with E-state index in [1.807, 2.05) is 6.26 Å². The number of hydrogen-bond acceptors (Lipinski definition) is 6. The third-order valence-electron chi connectivity index (χ3n) is 2.79. The van der Waals surface area contributed by atoms with Gasteiger partial charge in [-0.25, -0.2) is 9.97 Å². The second-order valence-electron chi connectivity index (χ2n) is 4.11. The van der Waals surface area contributed by atoms with Crippen molar-refractivity contribution >= 4 is 34.2 Å². The molecule has 0 amide bonds. The maximum atomic E-state index is 10.8. The number of fused-ring (bicyclic) bond motifs is 1. The second kappa shape index (κ2) is 5.83. The first kappa shape index (κ1) is 13.5. The van der Waals surface area contributed by atoms with E-state index in [0.717, 1.165) is 6.54 Å². The normalized spacial score (nSPS) is 12.3. The topological polar surface area (TPSA) is 81.0 Å². The molecule has 0 fully saturated rings. The molecular formula is C12H14N4O2S. The highest BCUT2D eigenvalue weighted by atomic mass is 32.2. The Morgan fingerprint density at radius 3 is 2.95 bits per heavy atom. The number of nitro groups is 1. The van der Waals surface area contributed by atoms with Crippen LogP contribution in [0.1, 0.15) is 6.92 Å². The Balaban J connectivity index is 2.37. The lowest BCUT2D eigenvalue weighted by Crippen LogP contribution is -2.13. The lowest BCUT2D eigenvalue weighted by atomic mass is 10.2. The van der Waals surface area contributed by atoms with Gasteiger partial charge in [0, 0.05) is 29.3 Å². The van der Waals surface area contributed by atoms with Crippen molar-refractivity contribution in [3.05, 3.63) is 34.6 Å². The van der Waals surface area contributed by atoms with E-state index in [4.69, 9.17) is 0 Å². The van der Waals surface area contributed by atoms with E-state index in [1.165, 1.54) is 18.5 Å². The van der Waals surface area contributed by atoms with Crippen molar-refractivity contribution in [2.75, 3.05) is 18.1 Å². The molecule has 0 spiro atoms. The van der Waals surface area contributed by atoms with Crippen molar-refractivity contribution in [1.29, 1.82) is 0 Å². The fraction of sp³-hybridized carbons (Fsp3) is 0.333. The van der Waals surface area contributed by atoms with Crippen molar-refractivity contribution in [3.63, 3.8) is 0 Å². The van der Waals surface area contributed by atoms with Crippen LogP contribution in [-0.2, 0) is 0 Å². The van der Waals surface area contributed by atoms with Crippen LogP contribution in [-0.4, -0.2) is 32.9 Å². The fourth-order valence-corrected chi connectivity index (χ4v) is 1.87. The number of nitrogens with one attached hydrogen (secondary N) is 1. The Labute approximate surface area is 114 Å². The van der Waals surface area contributed by atoms with Crippen LogP contribution in [0.2, 0.25) is 0 Å². The summed E-state index contributed by atoms with van der Waals surface area (Å²) in [5.41, 5.74) is 0.739. The molecule has 0 aliphatic carbocycles. The van der Waals surface area contributed by atoms with Crippen LogP contribution in [0, 0.1) is 10.1 Å². The number of rotatable bonds is 5. The Kier molecular flexibility index (Phi) is 4.16. The number of hydrogen-bond donors (Lipinski definition) is 1. The summed E-state index contributed by atoms with van der Waals surface area (Å²) < 4.78 is 0. The number of nitrogens with zero attached hydrogens (tertiary/aromatic N) is 3. The van der Waals surface area contributed by atoms with E-state index >= 15 is 0 Å². The minimum Gasteiger partial charge on any atom is -0.368 e. The fourth-order valence-electron chi connectivity index (χ4n) is 1.62. The first-order valence-corrected chi connectivity index (χ1v) is 7.06. The summed E-state index contributed by atoms with van der Waals surface area (Å²) >= 11 is 1.74. The highest BCUT2D eigenvalue weighted by molar-refractivity contribution is 7.99. The van der Waals surface area contributed by atoms with Gasteiger partial charge in [-0.15, -0.1) is 0 Å². The van der Waals surface area contributed by atoms with Crippen LogP contribution in [0.3, 0.4) is 0 Å². The van der Waals surface area contributed by atoms with Gasteiger partial charge in [-0.1, -0.05) is 6.92 Å². The zero-order valence-electron chi connectivity index (χ0n) is 10.7. The second-order valence-corrected chi connectivity index (χ2v) is 5.38. The van der Waals surface area contributed by atoms with E-state index in [1.54, 1.807) is 17.8 Å². The number of thioether (sulfide) groups is 1. The molecule has 19 heavy (non-hydrogen) atoms. The summed E-state index contributed by atoms with van der Waals surface area (Å²) in [5.74, 6) is 0.634. The minimum absolute atomic E-state index is 0.0447. The van der Waals surface area contributed by atoms with Gasteiger partial charge in [0.05, 0.1) is 10.4 Å². The molecular weight excluding hydrogens is 264 g/mol. The molecule has 1 aromatic heterocycles. The van der Waals surface area contributed by atoms with Crippen LogP contribution in [0.4, 0.5) is 11.5 Å². The Bertz CT molecular complexity index is 605. The summed E-state index contributed by atoms with van der Waals surface area (Å²) in [6.07, 6.45) is 3.50. The van der Waals surface area contributed by atoms with Gasteiger partial charge in [-0.3, -0.25) is 10.1 Å². The highest BCUT2D eigenvalue weighted by Crippen LogP contribution is 2.24. The minimum atomic E-state index is -0.416. The summed E-state index contributed by atoms with van der Waals surface area (Å²) in [6, 6.07) is 4.59. The molecule has 0 saturated heterocycles. The molecule has 7 heteroatoms. The number of anilines is 1. The first-order valence-electron chi connectivity index (χ1n) is 5.77. The van der Waals surface area contributed by atoms with E-state index in [9.17, 15) is 10.1 Å². The van der Waals surface area contributed by atoms with E-state index in [2.05, 4.69) is 22.2 Å². The van der Waals surface area contributed by atoms with Crippen molar-refractivity contribution in [2.24, 2.45) is 0 Å². The molecule has 2 aromatic rings. The monoisotopic (exact) mass is 278 g/mol. The molecule has 1 unspecified atom stereocenters. The first-order chi connectivity index (χ1) is 9.11. The lowest BCUT2D eigenvalue weighted by Gasteiger charge is -2.11. The van der Waals surface area contributed by atoms with Gasteiger partial charge in [-0.05, 0) is 12.3 Å². The predicted molar refractivity (Wildman–Crippen MR) is 77.7 cm³/mol. The Hall–Kier alpha value is -1.89. The van der Waals surface area contributed by atoms with Gasteiger partial charge >= 0.3 is 0 Å². The zero-order valence-corrected chi connectivity index (χ0v) is 11.5.